The van der Waals surface area contributed by atoms with E-state index in [0.717, 1.165) is 0 Å². The van der Waals surface area contributed by atoms with Crippen LogP contribution in [-0.4, -0.2) is 29.2 Å². The second-order valence-corrected chi connectivity index (χ2v) is 4.40. The van der Waals surface area contributed by atoms with Crippen molar-refractivity contribution in [3.63, 3.8) is 0 Å². The van der Waals surface area contributed by atoms with Gasteiger partial charge in [-0.3, -0.25) is 9.59 Å². The number of nitrogens with one attached hydrogen (secondary N) is 1. The van der Waals surface area contributed by atoms with Crippen LogP contribution in [0.2, 0.25) is 0 Å². The molecule has 1 aromatic carbocycles. The lowest BCUT2D eigenvalue weighted by molar-refractivity contribution is -0.117. The number of carbonyl (C=O) groups is 2. The fourth-order valence-electron chi connectivity index (χ4n) is 1.42. The maximum Gasteiger partial charge on any atom is 0.251 e. The molecule has 0 aromatic heterocycles. The molecule has 2 rings (SSSR count). The molecule has 1 aliphatic rings. The molecule has 4 heteroatoms. The number of hydrogen-bond acceptors (Lipinski definition) is 3. The summed E-state index contributed by atoms with van der Waals surface area (Å²) in [6.07, 6.45) is 0. The van der Waals surface area contributed by atoms with Gasteiger partial charge < -0.3 is 5.32 Å². The van der Waals surface area contributed by atoms with E-state index < -0.39 is 0 Å². The number of Topliss-reactive ketones (excluding diaryl/α,β-unsaturated/α-hetero) is 1. The van der Waals surface area contributed by atoms with Crippen LogP contribution in [-0.2, 0) is 4.79 Å². The fraction of sp³-hybridized carbons (Fsp3) is 0.273. The first-order chi connectivity index (χ1) is 7.27. The Kier molecular flexibility index (Phi) is 3.06. The highest BCUT2D eigenvalue weighted by atomic mass is 32.2. The molecule has 0 unspecified atom stereocenters. The molecule has 78 valence electrons. The maximum atomic E-state index is 11.7. The highest BCUT2D eigenvalue weighted by Crippen LogP contribution is 2.14. The summed E-state index contributed by atoms with van der Waals surface area (Å²) in [5.74, 6) is 1.15. The summed E-state index contributed by atoms with van der Waals surface area (Å²) in [4.78, 5) is 23.0. The SMILES string of the molecule is O=C(N[C@H]1CSCC1=O)c1ccccc1. The number of rotatable bonds is 2. The largest absolute Gasteiger partial charge is 0.341 e. The third-order valence-corrected chi connectivity index (χ3v) is 3.32. The van der Waals surface area contributed by atoms with Crippen molar-refractivity contribution in [2.75, 3.05) is 11.5 Å². The van der Waals surface area contributed by atoms with Gasteiger partial charge in [0.2, 0.25) is 0 Å². The van der Waals surface area contributed by atoms with Crippen molar-refractivity contribution >= 4 is 23.5 Å². The predicted molar refractivity (Wildman–Crippen MR) is 60.0 cm³/mol. The average molecular weight is 221 g/mol. The molecule has 1 aliphatic heterocycles. The topological polar surface area (TPSA) is 46.2 Å². The minimum absolute atomic E-state index is 0.115. The normalized spacial score (nSPS) is 20.3. The van der Waals surface area contributed by atoms with Crippen LogP contribution in [0.4, 0.5) is 0 Å². The summed E-state index contributed by atoms with van der Waals surface area (Å²) >= 11 is 1.56. The molecule has 1 N–H and O–H groups in total. The zero-order chi connectivity index (χ0) is 10.7. The van der Waals surface area contributed by atoms with Crippen molar-refractivity contribution < 1.29 is 9.59 Å². The zero-order valence-corrected chi connectivity index (χ0v) is 8.92. The number of carbonyl (C=O) groups excluding carboxylic acids is 2. The molecule has 0 saturated carbocycles. The smallest absolute Gasteiger partial charge is 0.251 e. The predicted octanol–water partition coefficient (Wildman–Crippen LogP) is 1.10. The molecule has 1 atom stereocenters. The molecule has 0 radical (unpaired) electrons. The zero-order valence-electron chi connectivity index (χ0n) is 8.10. The summed E-state index contributed by atoms with van der Waals surface area (Å²) in [7, 11) is 0. The summed E-state index contributed by atoms with van der Waals surface area (Å²) in [6.45, 7) is 0. The molecular formula is C11H11NO2S. The average Bonchev–Trinajstić information content (AvgIpc) is 2.66. The van der Waals surface area contributed by atoms with E-state index in [4.69, 9.17) is 0 Å². The van der Waals surface area contributed by atoms with Crippen molar-refractivity contribution in [2.24, 2.45) is 0 Å². The monoisotopic (exact) mass is 221 g/mol. The van der Waals surface area contributed by atoms with Crippen LogP contribution in [0.15, 0.2) is 30.3 Å². The van der Waals surface area contributed by atoms with Crippen molar-refractivity contribution in [3.8, 4) is 0 Å². The minimum Gasteiger partial charge on any atom is -0.341 e. The summed E-state index contributed by atoms with van der Waals surface area (Å²) in [5, 5.41) is 2.74. The van der Waals surface area contributed by atoms with Crippen molar-refractivity contribution in [3.05, 3.63) is 35.9 Å². The molecule has 15 heavy (non-hydrogen) atoms. The Morgan fingerprint density at radius 2 is 2.07 bits per heavy atom. The van der Waals surface area contributed by atoms with Crippen LogP contribution in [0, 0.1) is 0 Å². The summed E-state index contributed by atoms with van der Waals surface area (Å²) in [6, 6.07) is 8.64. The van der Waals surface area contributed by atoms with Gasteiger partial charge in [0, 0.05) is 11.3 Å². The van der Waals surface area contributed by atoms with Gasteiger partial charge in [0.05, 0.1) is 11.8 Å². The lowest BCUT2D eigenvalue weighted by Crippen LogP contribution is -2.39. The van der Waals surface area contributed by atoms with Crippen LogP contribution in [0.1, 0.15) is 10.4 Å². The molecule has 1 amide bonds. The number of ketones is 1. The third-order valence-electron chi connectivity index (χ3n) is 2.26. The third kappa shape index (κ3) is 2.39. The van der Waals surface area contributed by atoms with Crippen LogP contribution >= 0.6 is 11.8 Å². The Bertz CT molecular complexity index is 377. The lowest BCUT2D eigenvalue weighted by atomic mass is 10.2. The maximum absolute atomic E-state index is 11.7. The van der Waals surface area contributed by atoms with Gasteiger partial charge in [-0.2, -0.15) is 11.8 Å². The molecule has 0 aliphatic carbocycles. The first kappa shape index (κ1) is 10.2. The first-order valence-electron chi connectivity index (χ1n) is 4.74. The number of benzene rings is 1. The molecule has 1 heterocycles. The molecular weight excluding hydrogens is 210 g/mol. The van der Waals surface area contributed by atoms with Crippen LogP contribution in [0.25, 0.3) is 0 Å². The van der Waals surface area contributed by atoms with Gasteiger partial charge in [-0.1, -0.05) is 18.2 Å². The first-order valence-corrected chi connectivity index (χ1v) is 5.89. The van der Waals surface area contributed by atoms with Gasteiger partial charge >= 0.3 is 0 Å². The molecule has 0 spiro atoms. The second-order valence-electron chi connectivity index (χ2n) is 3.37. The Hall–Kier alpha value is -1.29. The van der Waals surface area contributed by atoms with Crippen molar-refractivity contribution in [1.29, 1.82) is 0 Å². The van der Waals surface area contributed by atoms with Crippen LogP contribution in [0.5, 0.6) is 0 Å². The Labute approximate surface area is 92.2 Å². The van der Waals surface area contributed by atoms with Gasteiger partial charge in [0.1, 0.15) is 0 Å². The van der Waals surface area contributed by atoms with Gasteiger partial charge in [-0.25, -0.2) is 0 Å². The quantitative estimate of drug-likeness (QED) is 0.813. The van der Waals surface area contributed by atoms with E-state index in [1.54, 1.807) is 36.0 Å². The molecule has 0 bridgehead atoms. The number of hydrogen-bond donors (Lipinski definition) is 1. The summed E-state index contributed by atoms with van der Waals surface area (Å²) in [5.41, 5.74) is 0.599. The van der Waals surface area contributed by atoms with E-state index in [0.29, 0.717) is 17.1 Å². The van der Waals surface area contributed by atoms with E-state index in [9.17, 15) is 9.59 Å². The van der Waals surface area contributed by atoms with Crippen LogP contribution in [0.3, 0.4) is 0 Å². The molecule has 1 saturated heterocycles. The summed E-state index contributed by atoms with van der Waals surface area (Å²) < 4.78 is 0. The number of amides is 1. The molecule has 3 nitrogen and oxygen atoms in total. The van der Waals surface area contributed by atoms with Crippen molar-refractivity contribution in [1.82, 2.24) is 5.32 Å². The van der Waals surface area contributed by atoms with E-state index in [1.807, 2.05) is 6.07 Å². The second kappa shape index (κ2) is 4.49. The van der Waals surface area contributed by atoms with E-state index in [1.165, 1.54) is 0 Å². The van der Waals surface area contributed by atoms with E-state index in [2.05, 4.69) is 5.32 Å². The highest BCUT2D eigenvalue weighted by Gasteiger charge is 2.26. The Morgan fingerprint density at radius 1 is 1.33 bits per heavy atom. The van der Waals surface area contributed by atoms with Gasteiger partial charge in [-0.05, 0) is 12.1 Å². The lowest BCUT2D eigenvalue weighted by Gasteiger charge is -2.09. The van der Waals surface area contributed by atoms with E-state index >= 15 is 0 Å². The molecule has 1 fully saturated rings. The standard InChI is InChI=1S/C11H11NO2S/c13-10-7-15-6-9(10)12-11(14)8-4-2-1-3-5-8/h1-5,9H,6-7H2,(H,12,14)/t9-/m0/s1. The van der Waals surface area contributed by atoms with Gasteiger partial charge in [-0.15, -0.1) is 0 Å². The Morgan fingerprint density at radius 3 is 2.67 bits per heavy atom. The van der Waals surface area contributed by atoms with Crippen LogP contribution < -0.4 is 5.32 Å². The highest BCUT2D eigenvalue weighted by molar-refractivity contribution is 8.00. The van der Waals surface area contributed by atoms with Crippen molar-refractivity contribution in [2.45, 2.75) is 6.04 Å². The fourth-order valence-corrected chi connectivity index (χ4v) is 2.45. The minimum atomic E-state index is -0.303. The number of thioether (sulfide) groups is 1. The molecule has 1 aromatic rings. The Balaban J connectivity index is 2.01. The van der Waals surface area contributed by atoms with Gasteiger partial charge in [0.25, 0.3) is 5.91 Å². The van der Waals surface area contributed by atoms with E-state index in [-0.39, 0.29) is 17.7 Å². The van der Waals surface area contributed by atoms with Gasteiger partial charge in [0.15, 0.2) is 5.78 Å².